The van der Waals surface area contributed by atoms with Gasteiger partial charge in [0.1, 0.15) is 0 Å². The van der Waals surface area contributed by atoms with Crippen molar-refractivity contribution in [3.05, 3.63) is 0 Å². The average molecular weight is 204 g/mol. The van der Waals surface area contributed by atoms with Crippen LogP contribution in [-0.4, -0.2) is 37.8 Å². The van der Waals surface area contributed by atoms with Crippen LogP contribution < -0.4 is 5.73 Å². The topological polar surface area (TPSA) is 29.3 Å². The van der Waals surface area contributed by atoms with Gasteiger partial charge in [0.05, 0.1) is 6.67 Å². The van der Waals surface area contributed by atoms with Crippen molar-refractivity contribution in [2.45, 2.75) is 33.6 Å². The molecular formula is C11H25FN2. The lowest BCUT2D eigenvalue weighted by Gasteiger charge is -2.31. The van der Waals surface area contributed by atoms with E-state index in [1.165, 1.54) is 0 Å². The normalized spacial score (nSPS) is 12.4. The van der Waals surface area contributed by atoms with Crippen LogP contribution in [0.3, 0.4) is 0 Å². The smallest absolute Gasteiger partial charge is 0.0906 e. The first-order valence-electron chi connectivity index (χ1n) is 5.54. The molecule has 0 aliphatic carbocycles. The number of rotatable bonds is 8. The van der Waals surface area contributed by atoms with Gasteiger partial charge in [0.2, 0.25) is 0 Å². The molecule has 0 aliphatic heterocycles. The van der Waals surface area contributed by atoms with E-state index in [0.717, 1.165) is 26.1 Å². The molecule has 0 rings (SSSR count). The third-order valence-corrected chi connectivity index (χ3v) is 2.35. The molecule has 0 aliphatic rings. The molecule has 2 nitrogen and oxygen atoms in total. The molecule has 0 atom stereocenters. The van der Waals surface area contributed by atoms with Crippen LogP contribution in [0.1, 0.15) is 33.6 Å². The van der Waals surface area contributed by atoms with Gasteiger partial charge < -0.3 is 10.6 Å². The van der Waals surface area contributed by atoms with Gasteiger partial charge in [-0.05, 0) is 31.3 Å². The van der Waals surface area contributed by atoms with Crippen LogP contribution in [0.5, 0.6) is 0 Å². The van der Waals surface area contributed by atoms with Crippen molar-refractivity contribution < 1.29 is 4.39 Å². The van der Waals surface area contributed by atoms with Crippen molar-refractivity contribution in [1.82, 2.24) is 4.90 Å². The standard InChI is InChI=1S/C11H25FN2/c1-4-7-14(8-5-6-12)10-11(2,3)9-13/h4-10,13H2,1-3H3. The van der Waals surface area contributed by atoms with E-state index in [2.05, 4.69) is 25.7 Å². The number of halogens is 1. The Bertz CT molecular complexity index is 137. The highest BCUT2D eigenvalue weighted by molar-refractivity contribution is 4.74. The van der Waals surface area contributed by atoms with Gasteiger partial charge >= 0.3 is 0 Å². The molecule has 0 fully saturated rings. The van der Waals surface area contributed by atoms with Gasteiger partial charge in [0.25, 0.3) is 0 Å². The van der Waals surface area contributed by atoms with Crippen molar-refractivity contribution in [3.63, 3.8) is 0 Å². The number of alkyl halides is 1. The molecule has 0 aromatic rings. The van der Waals surface area contributed by atoms with E-state index in [1.54, 1.807) is 0 Å². The van der Waals surface area contributed by atoms with Crippen LogP contribution >= 0.6 is 0 Å². The SMILES string of the molecule is CCCN(CCCF)CC(C)(C)CN. The molecule has 14 heavy (non-hydrogen) atoms. The van der Waals surface area contributed by atoms with Gasteiger partial charge in [-0.25, -0.2) is 0 Å². The molecule has 3 heteroatoms. The van der Waals surface area contributed by atoms with Gasteiger partial charge in [-0.3, -0.25) is 4.39 Å². The number of nitrogens with two attached hydrogens (primary N) is 1. The van der Waals surface area contributed by atoms with E-state index in [1.807, 2.05) is 0 Å². The molecule has 0 heterocycles. The summed E-state index contributed by atoms with van der Waals surface area (Å²) in [5.74, 6) is 0. The van der Waals surface area contributed by atoms with Crippen molar-refractivity contribution in [2.24, 2.45) is 11.1 Å². The van der Waals surface area contributed by atoms with Gasteiger partial charge in [-0.2, -0.15) is 0 Å². The van der Waals surface area contributed by atoms with Gasteiger partial charge in [0, 0.05) is 13.1 Å². The lowest BCUT2D eigenvalue weighted by Crippen LogP contribution is -2.39. The number of hydrogen-bond donors (Lipinski definition) is 1. The predicted molar refractivity (Wildman–Crippen MR) is 60.2 cm³/mol. The Morgan fingerprint density at radius 3 is 2.36 bits per heavy atom. The maximum atomic E-state index is 12.1. The minimum atomic E-state index is -0.219. The van der Waals surface area contributed by atoms with Crippen molar-refractivity contribution in [1.29, 1.82) is 0 Å². The summed E-state index contributed by atoms with van der Waals surface area (Å²) in [4.78, 5) is 2.31. The van der Waals surface area contributed by atoms with Crippen LogP contribution in [0.15, 0.2) is 0 Å². The second-order valence-electron chi connectivity index (χ2n) is 4.69. The van der Waals surface area contributed by atoms with Crippen molar-refractivity contribution in [2.75, 3.05) is 32.9 Å². The minimum Gasteiger partial charge on any atom is -0.330 e. The lowest BCUT2D eigenvalue weighted by molar-refractivity contribution is 0.177. The van der Waals surface area contributed by atoms with Crippen LogP contribution in [0.4, 0.5) is 4.39 Å². The van der Waals surface area contributed by atoms with Crippen LogP contribution in [-0.2, 0) is 0 Å². The van der Waals surface area contributed by atoms with Crippen molar-refractivity contribution in [3.8, 4) is 0 Å². The zero-order valence-electron chi connectivity index (χ0n) is 9.85. The molecule has 0 spiro atoms. The Labute approximate surface area is 87.7 Å². The van der Waals surface area contributed by atoms with Crippen LogP contribution in [0, 0.1) is 5.41 Å². The summed E-state index contributed by atoms with van der Waals surface area (Å²) >= 11 is 0. The van der Waals surface area contributed by atoms with Gasteiger partial charge in [-0.1, -0.05) is 20.8 Å². The molecule has 2 N–H and O–H groups in total. The van der Waals surface area contributed by atoms with E-state index in [0.29, 0.717) is 13.0 Å². The second-order valence-corrected chi connectivity index (χ2v) is 4.69. The maximum Gasteiger partial charge on any atom is 0.0906 e. The van der Waals surface area contributed by atoms with E-state index in [9.17, 15) is 4.39 Å². The van der Waals surface area contributed by atoms with Gasteiger partial charge in [0.15, 0.2) is 0 Å². The highest BCUT2D eigenvalue weighted by Gasteiger charge is 2.19. The lowest BCUT2D eigenvalue weighted by atomic mass is 9.93. The molecule has 0 amide bonds. The molecule has 0 radical (unpaired) electrons. The van der Waals surface area contributed by atoms with E-state index in [-0.39, 0.29) is 12.1 Å². The fourth-order valence-electron chi connectivity index (χ4n) is 1.54. The zero-order valence-corrected chi connectivity index (χ0v) is 9.85. The molecule has 0 unspecified atom stereocenters. The molecule has 0 aromatic heterocycles. The Balaban J connectivity index is 3.94. The zero-order chi connectivity index (χ0) is 11.0. The summed E-state index contributed by atoms with van der Waals surface area (Å²) in [5.41, 5.74) is 5.82. The van der Waals surface area contributed by atoms with Crippen LogP contribution in [0.25, 0.3) is 0 Å². The van der Waals surface area contributed by atoms with Crippen molar-refractivity contribution >= 4 is 0 Å². The highest BCUT2D eigenvalue weighted by Crippen LogP contribution is 2.15. The summed E-state index contributed by atoms with van der Waals surface area (Å²) in [6.07, 6.45) is 1.76. The monoisotopic (exact) mass is 204 g/mol. The highest BCUT2D eigenvalue weighted by atomic mass is 19.1. The fraction of sp³-hybridized carbons (Fsp3) is 1.00. The van der Waals surface area contributed by atoms with E-state index >= 15 is 0 Å². The molecule has 0 aromatic carbocycles. The van der Waals surface area contributed by atoms with Gasteiger partial charge in [-0.15, -0.1) is 0 Å². The van der Waals surface area contributed by atoms with E-state index < -0.39 is 0 Å². The minimum absolute atomic E-state index is 0.144. The maximum absolute atomic E-state index is 12.1. The summed E-state index contributed by atoms with van der Waals surface area (Å²) in [6, 6.07) is 0. The Morgan fingerprint density at radius 2 is 1.93 bits per heavy atom. The molecule has 0 bridgehead atoms. The quantitative estimate of drug-likeness (QED) is 0.655. The predicted octanol–water partition coefficient (Wildman–Crippen LogP) is 2.04. The fourth-order valence-corrected chi connectivity index (χ4v) is 1.54. The summed E-state index contributed by atoms with van der Waals surface area (Å²) < 4.78 is 12.1. The Morgan fingerprint density at radius 1 is 1.29 bits per heavy atom. The van der Waals surface area contributed by atoms with E-state index in [4.69, 9.17) is 5.73 Å². The first-order valence-corrected chi connectivity index (χ1v) is 5.54. The summed E-state index contributed by atoms with van der Waals surface area (Å²) in [6.45, 7) is 9.80. The molecular weight excluding hydrogens is 179 g/mol. The summed E-state index contributed by atoms with van der Waals surface area (Å²) in [7, 11) is 0. The Kier molecular flexibility index (Phi) is 7.11. The largest absolute Gasteiger partial charge is 0.330 e. The van der Waals surface area contributed by atoms with Crippen LogP contribution in [0.2, 0.25) is 0 Å². The third kappa shape index (κ3) is 6.33. The number of hydrogen-bond acceptors (Lipinski definition) is 2. The molecule has 86 valence electrons. The number of nitrogens with zero attached hydrogens (tertiary/aromatic N) is 1. The summed E-state index contributed by atoms with van der Waals surface area (Å²) in [5, 5.41) is 0. The first kappa shape index (κ1) is 13.8. The third-order valence-electron chi connectivity index (χ3n) is 2.35. The average Bonchev–Trinajstić information content (AvgIpc) is 2.14. The molecule has 0 saturated heterocycles. The Hall–Kier alpha value is -0.150. The first-order chi connectivity index (χ1) is 6.55. The second kappa shape index (κ2) is 7.18. The molecule has 0 saturated carbocycles.